The highest BCUT2D eigenvalue weighted by atomic mass is 16.5. The third kappa shape index (κ3) is 3.60. The second-order valence-electron chi connectivity index (χ2n) is 5.48. The molecule has 0 radical (unpaired) electrons. The van der Waals surface area contributed by atoms with Gasteiger partial charge in [0.25, 0.3) is 5.91 Å². The number of ether oxygens (including phenoxy) is 1. The fraction of sp³-hybridized carbons (Fsp3) is 0.167. The number of hydrogen-bond donors (Lipinski definition) is 2. The molecule has 0 saturated carbocycles. The van der Waals surface area contributed by atoms with Crippen LogP contribution in [0.4, 0.5) is 0 Å². The summed E-state index contributed by atoms with van der Waals surface area (Å²) in [7, 11) is 1.52. The molecule has 128 valence electrons. The van der Waals surface area contributed by atoms with Crippen molar-refractivity contribution in [2.75, 3.05) is 7.11 Å². The van der Waals surface area contributed by atoms with Gasteiger partial charge in [-0.05, 0) is 31.2 Å². The normalized spacial score (nSPS) is 11.5. The summed E-state index contributed by atoms with van der Waals surface area (Å²) in [6.07, 6.45) is 1.62. The van der Waals surface area contributed by atoms with Gasteiger partial charge in [-0.25, -0.2) is 10.4 Å². The molecule has 0 aliphatic carbocycles. The first kappa shape index (κ1) is 16.5. The van der Waals surface area contributed by atoms with Crippen LogP contribution < -0.4 is 10.2 Å². The van der Waals surface area contributed by atoms with Crippen molar-refractivity contribution >= 4 is 22.7 Å². The van der Waals surface area contributed by atoms with Crippen LogP contribution in [0.25, 0.3) is 11.0 Å². The molecule has 0 fully saturated rings. The molecule has 1 heterocycles. The number of benzene rings is 2. The largest absolute Gasteiger partial charge is 0.507 e. The summed E-state index contributed by atoms with van der Waals surface area (Å²) < 4.78 is 6.79. The molecule has 0 bridgehead atoms. The smallest absolute Gasteiger partial charge is 0.260 e. The van der Waals surface area contributed by atoms with Crippen molar-refractivity contribution in [3.8, 4) is 11.5 Å². The van der Waals surface area contributed by atoms with Crippen LogP contribution in [0.5, 0.6) is 11.5 Å². The molecule has 7 heteroatoms. The van der Waals surface area contributed by atoms with E-state index in [1.54, 1.807) is 30.0 Å². The Balaban J connectivity index is 1.69. The van der Waals surface area contributed by atoms with Gasteiger partial charge in [0, 0.05) is 11.6 Å². The van der Waals surface area contributed by atoms with Gasteiger partial charge in [-0.2, -0.15) is 5.10 Å². The van der Waals surface area contributed by atoms with Crippen molar-refractivity contribution in [3.05, 3.63) is 54.4 Å². The Morgan fingerprint density at radius 1 is 1.32 bits per heavy atom. The number of nitrogens with one attached hydrogen (secondary N) is 1. The maximum absolute atomic E-state index is 12.1. The maximum Gasteiger partial charge on any atom is 0.260 e. The zero-order valence-electron chi connectivity index (χ0n) is 13.9. The lowest BCUT2D eigenvalue weighted by atomic mass is 10.1. The van der Waals surface area contributed by atoms with Crippen LogP contribution in [0.15, 0.2) is 53.9 Å². The van der Waals surface area contributed by atoms with E-state index in [-0.39, 0.29) is 18.2 Å². The van der Waals surface area contributed by atoms with Gasteiger partial charge in [0.15, 0.2) is 0 Å². The lowest BCUT2D eigenvalue weighted by molar-refractivity contribution is -0.121. The molecule has 1 amide bonds. The van der Waals surface area contributed by atoms with E-state index in [0.717, 1.165) is 11.0 Å². The number of fused-ring (bicyclic) bond motifs is 1. The second kappa shape index (κ2) is 7.04. The number of methoxy groups -OCH3 is 1. The predicted octanol–water partition coefficient (Wildman–Crippen LogP) is 2.29. The van der Waals surface area contributed by atoms with Gasteiger partial charge in [-0.3, -0.25) is 4.79 Å². The third-order valence-electron chi connectivity index (χ3n) is 3.78. The van der Waals surface area contributed by atoms with E-state index < -0.39 is 0 Å². The Morgan fingerprint density at radius 3 is 2.88 bits per heavy atom. The molecular formula is C18H18N4O3. The molecule has 0 aliphatic rings. The summed E-state index contributed by atoms with van der Waals surface area (Å²) in [5.41, 5.74) is 5.22. The van der Waals surface area contributed by atoms with Crippen molar-refractivity contribution in [1.82, 2.24) is 15.0 Å². The fourth-order valence-corrected chi connectivity index (χ4v) is 2.48. The first-order valence-electron chi connectivity index (χ1n) is 7.69. The van der Waals surface area contributed by atoms with E-state index in [1.807, 2.05) is 24.3 Å². The van der Waals surface area contributed by atoms with Crippen LogP contribution in [-0.4, -0.2) is 33.4 Å². The predicted molar refractivity (Wildman–Crippen MR) is 94.7 cm³/mol. The number of phenolic OH excluding ortho intramolecular Hbond substituents is 1. The monoisotopic (exact) mass is 338 g/mol. The van der Waals surface area contributed by atoms with E-state index in [0.29, 0.717) is 17.0 Å². The van der Waals surface area contributed by atoms with Gasteiger partial charge >= 0.3 is 0 Å². The van der Waals surface area contributed by atoms with Crippen LogP contribution >= 0.6 is 0 Å². The van der Waals surface area contributed by atoms with Crippen LogP contribution in [0, 0.1) is 0 Å². The average Bonchev–Trinajstić information content (AvgIpc) is 3.02. The van der Waals surface area contributed by atoms with Crippen LogP contribution in [0.1, 0.15) is 12.5 Å². The van der Waals surface area contributed by atoms with Crippen LogP contribution in [0.2, 0.25) is 0 Å². The molecule has 0 saturated heterocycles. The van der Waals surface area contributed by atoms with Gasteiger partial charge in [0.1, 0.15) is 18.0 Å². The van der Waals surface area contributed by atoms with Crippen molar-refractivity contribution in [2.24, 2.45) is 5.10 Å². The minimum atomic E-state index is -0.282. The van der Waals surface area contributed by atoms with Crippen molar-refractivity contribution in [1.29, 1.82) is 0 Å². The summed E-state index contributed by atoms with van der Waals surface area (Å²) in [6, 6.07) is 12.5. The molecule has 3 rings (SSSR count). The highest BCUT2D eigenvalue weighted by Gasteiger charge is 2.09. The Hall–Kier alpha value is -3.35. The summed E-state index contributed by atoms with van der Waals surface area (Å²) in [5, 5.41) is 14.1. The van der Waals surface area contributed by atoms with E-state index in [1.165, 1.54) is 13.2 Å². The first-order valence-corrected chi connectivity index (χ1v) is 7.69. The Kier molecular flexibility index (Phi) is 4.65. The number of aromatic nitrogens is 2. The van der Waals surface area contributed by atoms with Gasteiger partial charge in [-0.15, -0.1) is 0 Å². The van der Waals surface area contributed by atoms with E-state index in [4.69, 9.17) is 4.74 Å². The SMILES string of the molecule is COc1ccc(/C(C)=N/NC(=O)Cn2cnc3ccccc32)c(O)c1. The third-order valence-corrected chi connectivity index (χ3v) is 3.78. The number of phenols is 1. The number of rotatable bonds is 5. The number of hydrogen-bond acceptors (Lipinski definition) is 5. The highest BCUT2D eigenvalue weighted by Crippen LogP contribution is 2.23. The number of hydrazone groups is 1. The molecule has 0 spiro atoms. The summed E-state index contributed by atoms with van der Waals surface area (Å²) in [5.74, 6) is 0.302. The van der Waals surface area contributed by atoms with Gasteiger partial charge in [0.2, 0.25) is 0 Å². The van der Waals surface area contributed by atoms with Gasteiger partial charge < -0.3 is 14.4 Å². The lowest BCUT2D eigenvalue weighted by Gasteiger charge is -2.07. The molecule has 0 aliphatic heterocycles. The Bertz CT molecular complexity index is 946. The number of nitrogens with zero attached hydrogens (tertiary/aromatic N) is 3. The Labute approximate surface area is 144 Å². The lowest BCUT2D eigenvalue weighted by Crippen LogP contribution is -2.24. The molecule has 2 N–H and O–H groups in total. The minimum Gasteiger partial charge on any atom is -0.507 e. The molecule has 3 aromatic rings. The number of aromatic hydroxyl groups is 1. The number of carbonyl (C=O) groups is 1. The topological polar surface area (TPSA) is 88.7 Å². The fourth-order valence-electron chi connectivity index (χ4n) is 2.48. The average molecular weight is 338 g/mol. The number of para-hydroxylation sites is 2. The summed E-state index contributed by atoms with van der Waals surface area (Å²) >= 11 is 0. The molecule has 0 unspecified atom stereocenters. The van der Waals surface area contributed by atoms with Crippen molar-refractivity contribution in [2.45, 2.75) is 13.5 Å². The molecule has 0 atom stereocenters. The molecule has 25 heavy (non-hydrogen) atoms. The quantitative estimate of drug-likeness (QED) is 0.552. The van der Waals surface area contributed by atoms with Crippen molar-refractivity contribution < 1.29 is 14.6 Å². The zero-order valence-corrected chi connectivity index (χ0v) is 13.9. The summed E-state index contributed by atoms with van der Waals surface area (Å²) in [4.78, 5) is 16.4. The van der Waals surface area contributed by atoms with Crippen LogP contribution in [0.3, 0.4) is 0 Å². The Morgan fingerprint density at radius 2 is 2.12 bits per heavy atom. The van der Waals surface area contributed by atoms with Gasteiger partial charge in [0.05, 0.1) is 30.2 Å². The molecular weight excluding hydrogens is 320 g/mol. The van der Waals surface area contributed by atoms with E-state index >= 15 is 0 Å². The number of amides is 1. The number of carbonyl (C=O) groups excluding carboxylic acids is 1. The summed E-state index contributed by atoms with van der Waals surface area (Å²) in [6.45, 7) is 1.81. The zero-order chi connectivity index (χ0) is 17.8. The second-order valence-corrected chi connectivity index (χ2v) is 5.48. The minimum absolute atomic E-state index is 0.0375. The van der Waals surface area contributed by atoms with E-state index in [2.05, 4.69) is 15.5 Å². The van der Waals surface area contributed by atoms with Gasteiger partial charge in [-0.1, -0.05) is 12.1 Å². The molecule has 2 aromatic carbocycles. The van der Waals surface area contributed by atoms with Crippen molar-refractivity contribution in [3.63, 3.8) is 0 Å². The maximum atomic E-state index is 12.1. The highest BCUT2D eigenvalue weighted by molar-refractivity contribution is 6.01. The first-order chi connectivity index (χ1) is 12.1. The molecule has 7 nitrogen and oxygen atoms in total. The number of imidazole rings is 1. The van der Waals surface area contributed by atoms with E-state index in [9.17, 15) is 9.90 Å². The standard InChI is InChI=1S/C18H18N4O3/c1-12(14-8-7-13(25-2)9-17(14)23)20-21-18(24)10-22-11-19-15-5-3-4-6-16(15)22/h3-9,11,23H,10H2,1-2H3,(H,21,24)/b20-12+. The van der Waals surface area contributed by atoms with Crippen LogP contribution in [-0.2, 0) is 11.3 Å². The molecule has 1 aromatic heterocycles.